The minimum absolute atomic E-state index is 0.0314. The average Bonchev–Trinajstić information content (AvgIpc) is 3.39. The van der Waals surface area contributed by atoms with Crippen LogP contribution in [0.2, 0.25) is 0 Å². The first-order valence-electron chi connectivity index (χ1n) is 10.7. The standard InChI is InChI=1S/C23H21F6N3O3/c24-22(25,26)17-10-15(11-18(12-17)23(27,28)29)13-35-14-21(16-6-2-1-3-7-16)19(33)32(20(34)30-21)31-8-4-5-9-31/h1-3,6-7,10-12H,4-5,8-9,13-14H2,(H,30,34). The molecular formula is C23H21F6N3O3. The van der Waals surface area contributed by atoms with Crippen molar-refractivity contribution in [2.45, 2.75) is 37.3 Å². The Morgan fingerprint density at radius 3 is 2.00 bits per heavy atom. The second kappa shape index (κ2) is 9.15. The van der Waals surface area contributed by atoms with Crippen LogP contribution in [0.4, 0.5) is 31.1 Å². The van der Waals surface area contributed by atoms with Crippen molar-refractivity contribution >= 4 is 11.9 Å². The fourth-order valence-electron chi connectivity index (χ4n) is 4.24. The summed E-state index contributed by atoms with van der Waals surface area (Å²) in [5.74, 6) is -0.629. The van der Waals surface area contributed by atoms with Crippen LogP contribution in [0.1, 0.15) is 35.1 Å². The Kier molecular flexibility index (Phi) is 6.54. The number of hydrogen-bond donors (Lipinski definition) is 1. The van der Waals surface area contributed by atoms with Gasteiger partial charge in [0.15, 0.2) is 5.54 Å². The quantitative estimate of drug-likeness (QED) is 0.461. The van der Waals surface area contributed by atoms with Crippen LogP contribution in [-0.2, 0) is 34.0 Å². The van der Waals surface area contributed by atoms with E-state index in [1.54, 1.807) is 35.3 Å². The van der Waals surface area contributed by atoms with Gasteiger partial charge in [-0.05, 0) is 42.2 Å². The first-order chi connectivity index (χ1) is 16.4. The molecule has 2 aromatic carbocycles. The van der Waals surface area contributed by atoms with Crippen molar-refractivity contribution in [1.82, 2.24) is 15.3 Å². The lowest BCUT2D eigenvalue weighted by Crippen LogP contribution is -2.50. The first kappa shape index (κ1) is 25.0. The van der Waals surface area contributed by atoms with Crippen LogP contribution < -0.4 is 5.32 Å². The molecule has 0 spiro atoms. The minimum atomic E-state index is -4.99. The van der Waals surface area contributed by atoms with Crippen molar-refractivity contribution in [3.63, 3.8) is 0 Å². The number of alkyl halides is 6. The summed E-state index contributed by atoms with van der Waals surface area (Å²) in [4.78, 5) is 26.2. The van der Waals surface area contributed by atoms with E-state index in [2.05, 4.69) is 5.32 Å². The van der Waals surface area contributed by atoms with Crippen molar-refractivity contribution in [3.8, 4) is 0 Å². The molecule has 0 aliphatic carbocycles. The number of rotatable bonds is 6. The van der Waals surface area contributed by atoms with Gasteiger partial charge in [0.05, 0.1) is 24.3 Å². The van der Waals surface area contributed by atoms with Gasteiger partial charge in [-0.25, -0.2) is 9.80 Å². The molecule has 0 aromatic heterocycles. The van der Waals surface area contributed by atoms with E-state index in [4.69, 9.17) is 4.74 Å². The predicted molar refractivity (Wildman–Crippen MR) is 110 cm³/mol. The van der Waals surface area contributed by atoms with E-state index in [0.29, 0.717) is 30.8 Å². The lowest BCUT2D eigenvalue weighted by Gasteiger charge is -2.29. The second-order valence-corrected chi connectivity index (χ2v) is 8.39. The molecule has 12 heteroatoms. The summed E-state index contributed by atoms with van der Waals surface area (Å²) < 4.78 is 84.5. The number of carbonyl (C=O) groups is 2. The number of nitrogens with one attached hydrogen (secondary N) is 1. The van der Waals surface area contributed by atoms with Crippen molar-refractivity contribution in [3.05, 3.63) is 70.8 Å². The van der Waals surface area contributed by atoms with Crippen LogP contribution in [0.5, 0.6) is 0 Å². The number of carbonyl (C=O) groups excluding carboxylic acids is 2. The largest absolute Gasteiger partial charge is 0.416 e. The Labute approximate surface area is 196 Å². The highest BCUT2D eigenvalue weighted by Crippen LogP contribution is 2.37. The summed E-state index contributed by atoms with van der Waals surface area (Å²) in [6.07, 6.45) is -8.40. The summed E-state index contributed by atoms with van der Waals surface area (Å²) in [5, 5.41) is 5.23. The Hall–Kier alpha value is -3.12. The predicted octanol–water partition coefficient (Wildman–Crippen LogP) is 4.70. The van der Waals surface area contributed by atoms with Crippen LogP contribution in [-0.4, -0.2) is 41.7 Å². The molecule has 2 heterocycles. The molecule has 0 bridgehead atoms. The van der Waals surface area contributed by atoms with Crippen molar-refractivity contribution in [2.24, 2.45) is 0 Å². The lowest BCUT2D eigenvalue weighted by atomic mass is 9.91. The fraction of sp³-hybridized carbons (Fsp3) is 0.391. The van der Waals surface area contributed by atoms with Crippen molar-refractivity contribution < 1.29 is 40.7 Å². The molecule has 0 saturated carbocycles. The van der Waals surface area contributed by atoms with Crippen LogP contribution >= 0.6 is 0 Å². The van der Waals surface area contributed by atoms with Crippen molar-refractivity contribution in [1.29, 1.82) is 0 Å². The van der Waals surface area contributed by atoms with Gasteiger partial charge in [-0.3, -0.25) is 4.79 Å². The van der Waals surface area contributed by atoms with Gasteiger partial charge in [-0.15, -0.1) is 0 Å². The molecule has 4 rings (SSSR count). The van der Waals surface area contributed by atoms with Gasteiger partial charge in [-0.2, -0.15) is 31.4 Å². The van der Waals surface area contributed by atoms with E-state index in [1.165, 1.54) is 0 Å². The van der Waals surface area contributed by atoms with Crippen LogP contribution in [0.3, 0.4) is 0 Å². The number of amides is 3. The van der Waals surface area contributed by atoms with Gasteiger partial charge >= 0.3 is 18.4 Å². The van der Waals surface area contributed by atoms with Crippen LogP contribution in [0, 0.1) is 0 Å². The van der Waals surface area contributed by atoms with Gasteiger partial charge in [0.2, 0.25) is 0 Å². The summed E-state index contributed by atoms with van der Waals surface area (Å²) in [6.45, 7) is -0.150. The first-order valence-corrected chi connectivity index (χ1v) is 10.7. The normalized spacial score (nSPS) is 21.6. The van der Waals surface area contributed by atoms with Gasteiger partial charge in [0.25, 0.3) is 5.91 Å². The number of hydrogen-bond acceptors (Lipinski definition) is 4. The summed E-state index contributed by atoms with van der Waals surface area (Å²) in [7, 11) is 0. The highest BCUT2D eigenvalue weighted by Gasteiger charge is 2.55. The second-order valence-electron chi connectivity index (χ2n) is 8.39. The molecule has 188 valence electrons. The highest BCUT2D eigenvalue weighted by molar-refractivity contribution is 6.07. The Bertz CT molecular complexity index is 1070. The third-order valence-corrected chi connectivity index (χ3v) is 5.94. The molecule has 1 atom stereocenters. The smallest absolute Gasteiger partial charge is 0.373 e. The monoisotopic (exact) mass is 501 g/mol. The number of hydrazine groups is 1. The maximum atomic E-state index is 13.5. The molecule has 2 saturated heterocycles. The van der Waals surface area contributed by atoms with Gasteiger partial charge < -0.3 is 10.1 Å². The number of ether oxygens (including phenoxy) is 1. The van der Waals surface area contributed by atoms with Gasteiger partial charge in [0, 0.05) is 13.1 Å². The number of halogens is 6. The number of imide groups is 1. The zero-order valence-corrected chi connectivity index (χ0v) is 18.2. The number of urea groups is 1. The third kappa shape index (κ3) is 4.98. The zero-order chi connectivity index (χ0) is 25.4. The lowest BCUT2D eigenvalue weighted by molar-refractivity contribution is -0.144. The summed E-state index contributed by atoms with van der Waals surface area (Å²) >= 11 is 0. The van der Waals surface area contributed by atoms with Crippen LogP contribution in [0.25, 0.3) is 0 Å². The van der Waals surface area contributed by atoms with E-state index in [0.717, 1.165) is 17.9 Å². The van der Waals surface area contributed by atoms with E-state index in [9.17, 15) is 35.9 Å². The molecule has 6 nitrogen and oxygen atoms in total. The van der Waals surface area contributed by atoms with E-state index < -0.39 is 54.2 Å². The molecule has 1 unspecified atom stereocenters. The summed E-state index contributed by atoms with van der Waals surface area (Å²) in [5.41, 5.74) is -4.61. The third-order valence-electron chi connectivity index (χ3n) is 5.94. The minimum Gasteiger partial charge on any atom is -0.373 e. The average molecular weight is 501 g/mol. The van der Waals surface area contributed by atoms with Gasteiger partial charge in [0.1, 0.15) is 0 Å². The van der Waals surface area contributed by atoms with Gasteiger partial charge in [-0.1, -0.05) is 30.3 Å². The molecular weight excluding hydrogens is 480 g/mol. The molecule has 35 heavy (non-hydrogen) atoms. The van der Waals surface area contributed by atoms with E-state index >= 15 is 0 Å². The van der Waals surface area contributed by atoms with Crippen LogP contribution in [0.15, 0.2) is 48.5 Å². The zero-order valence-electron chi connectivity index (χ0n) is 18.2. The molecule has 2 aliphatic heterocycles. The maximum absolute atomic E-state index is 13.5. The fourth-order valence-corrected chi connectivity index (χ4v) is 4.24. The maximum Gasteiger partial charge on any atom is 0.416 e. The SMILES string of the molecule is O=C1NC(COCc2cc(C(F)(F)F)cc(C(F)(F)F)c2)(c2ccccc2)C(=O)N1N1CCCC1. The Balaban J connectivity index is 1.61. The molecule has 1 N–H and O–H groups in total. The molecule has 2 aliphatic rings. The topological polar surface area (TPSA) is 61.9 Å². The highest BCUT2D eigenvalue weighted by atomic mass is 19.4. The molecule has 0 radical (unpaired) electrons. The Morgan fingerprint density at radius 2 is 1.46 bits per heavy atom. The molecule has 3 amide bonds. The molecule has 2 aromatic rings. The van der Waals surface area contributed by atoms with E-state index in [1.807, 2.05) is 0 Å². The molecule has 2 fully saturated rings. The Morgan fingerprint density at radius 1 is 0.886 bits per heavy atom. The van der Waals surface area contributed by atoms with E-state index in [-0.39, 0.29) is 11.6 Å². The number of nitrogens with zero attached hydrogens (tertiary/aromatic N) is 2. The number of benzene rings is 2. The summed E-state index contributed by atoms with van der Waals surface area (Å²) in [6, 6.07) is 8.62. The van der Waals surface area contributed by atoms with Crippen molar-refractivity contribution in [2.75, 3.05) is 19.7 Å².